The summed E-state index contributed by atoms with van der Waals surface area (Å²) in [6.45, 7) is 6.09. The molecule has 0 unspecified atom stereocenters. The van der Waals surface area contributed by atoms with Crippen LogP contribution >= 0.6 is 0 Å². The molecule has 0 spiro atoms. The number of carbonyl (C=O) groups excluding carboxylic acids is 1. The minimum absolute atomic E-state index is 0.676. The zero-order chi connectivity index (χ0) is 11.1. The SMILES string of the molecule is CCCCN(CC)c1ncccc1C=O. The van der Waals surface area contributed by atoms with E-state index in [0.717, 1.165) is 38.0 Å². The summed E-state index contributed by atoms with van der Waals surface area (Å²) >= 11 is 0. The lowest BCUT2D eigenvalue weighted by Crippen LogP contribution is -2.25. The van der Waals surface area contributed by atoms with Crippen LogP contribution in [0.15, 0.2) is 18.3 Å². The summed E-state index contributed by atoms with van der Waals surface area (Å²) in [5.74, 6) is 0.809. The zero-order valence-electron chi connectivity index (χ0n) is 9.44. The average Bonchev–Trinajstić information content (AvgIpc) is 2.30. The molecule has 1 aromatic heterocycles. The molecule has 0 N–H and O–H groups in total. The lowest BCUT2D eigenvalue weighted by Gasteiger charge is -2.22. The van der Waals surface area contributed by atoms with Crippen molar-refractivity contribution in [1.29, 1.82) is 0 Å². The van der Waals surface area contributed by atoms with Crippen LogP contribution in [0.1, 0.15) is 37.0 Å². The van der Waals surface area contributed by atoms with Gasteiger partial charge in [0.2, 0.25) is 0 Å². The number of unbranched alkanes of at least 4 members (excludes halogenated alkanes) is 1. The second-order valence-corrected chi connectivity index (χ2v) is 3.47. The molecule has 1 aromatic rings. The van der Waals surface area contributed by atoms with Crippen molar-refractivity contribution in [3.63, 3.8) is 0 Å². The highest BCUT2D eigenvalue weighted by Gasteiger charge is 2.09. The lowest BCUT2D eigenvalue weighted by atomic mass is 10.2. The predicted octanol–water partition coefficient (Wildman–Crippen LogP) is 2.52. The zero-order valence-corrected chi connectivity index (χ0v) is 9.44. The van der Waals surface area contributed by atoms with Crippen LogP contribution in [0, 0.1) is 0 Å². The molecule has 0 fully saturated rings. The van der Waals surface area contributed by atoms with Crippen LogP contribution in [-0.4, -0.2) is 24.4 Å². The maximum absolute atomic E-state index is 10.9. The molecule has 0 aliphatic rings. The topological polar surface area (TPSA) is 33.2 Å². The van der Waals surface area contributed by atoms with Crippen LogP contribution in [-0.2, 0) is 0 Å². The molecular weight excluding hydrogens is 188 g/mol. The first-order chi connectivity index (χ1) is 7.33. The smallest absolute Gasteiger partial charge is 0.153 e. The number of anilines is 1. The summed E-state index contributed by atoms with van der Waals surface area (Å²) in [6, 6.07) is 3.60. The quantitative estimate of drug-likeness (QED) is 0.670. The van der Waals surface area contributed by atoms with Crippen LogP contribution < -0.4 is 4.90 Å². The predicted molar refractivity (Wildman–Crippen MR) is 62.4 cm³/mol. The third-order valence-electron chi connectivity index (χ3n) is 2.41. The fraction of sp³-hybridized carbons (Fsp3) is 0.500. The van der Waals surface area contributed by atoms with Gasteiger partial charge in [-0.2, -0.15) is 0 Å². The first-order valence-electron chi connectivity index (χ1n) is 5.48. The second kappa shape index (κ2) is 6.17. The fourth-order valence-electron chi connectivity index (χ4n) is 1.53. The van der Waals surface area contributed by atoms with Gasteiger partial charge in [-0.1, -0.05) is 13.3 Å². The molecule has 15 heavy (non-hydrogen) atoms. The summed E-state index contributed by atoms with van der Waals surface area (Å²) in [4.78, 5) is 17.3. The van der Waals surface area contributed by atoms with Gasteiger partial charge in [-0.05, 0) is 25.5 Å². The highest BCUT2D eigenvalue weighted by molar-refractivity contribution is 5.82. The van der Waals surface area contributed by atoms with Gasteiger partial charge in [-0.25, -0.2) is 4.98 Å². The van der Waals surface area contributed by atoms with Crippen molar-refractivity contribution in [2.75, 3.05) is 18.0 Å². The Morgan fingerprint density at radius 2 is 2.27 bits per heavy atom. The minimum atomic E-state index is 0.676. The van der Waals surface area contributed by atoms with Crippen molar-refractivity contribution >= 4 is 12.1 Å². The Morgan fingerprint density at radius 3 is 2.87 bits per heavy atom. The third kappa shape index (κ3) is 3.05. The molecular formula is C12H18N2O. The first kappa shape index (κ1) is 11.7. The van der Waals surface area contributed by atoms with Gasteiger partial charge in [-0.15, -0.1) is 0 Å². The molecule has 0 saturated carbocycles. The Bertz CT molecular complexity index is 312. The molecule has 0 aliphatic heterocycles. The molecule has 82 valence electrons. The molecule has 3 heteroatoms. The van der Waals surface area contributed by atoms with Gasteiger partial charge in [0.1, 0.15) is 5.82 Å². The molecule has 0 saturated heterocycles. The van der Waals surface area contributed by atoms with Crippen LogP contribution in [0.4, 0.5) is 5.82 Å². The Morgan fingerprint density at radius 1 is 1.47 bits per heavy atom. The summed E-state index contributed by atoms with van der Waals surface area (Å²) in [7, 11) is 0. The van der Waals surface area contributed by atoms with E-state index in [1.54, 1.807) is 12.3 Å². The van der Waals surface area contributed by atoms with Crippen molar-refractivity contribution in [2.45, 2.75) is 26.7 Å². The maximum atomic E-state index is 10.9. The number of hydrogen-bond acceptors (Lipinski definition) is 3. The number of pyridine rings is 1. The van der Waals surface area contributed by atoms with E-state index < -0.39 is 0 Å². The molecule has 0 aromatic carbocycles. The molecule has 0 amide bonds. The number of hydrogen-bond donors (Lipinski definition) is 0. The van der Waals surface area contributed by atoms with Gasteiger partial charge >= 0.3 is 0 Å². The number of aromatic nitrogens is 1. The van der Waals surface area contributed by atoms with E-state index in [-0.39, 0.29) is 0 Å². The van der Waals surface area contributed by atoms with Gasteiger partial charge < -0.3 is 4.90 Å². The van der Waals surface area contributed by atoms with Gasteiger partial charge in [0.15, 0.2) is 6.29 Å². The van der Waals surface area contributed by atoms with E-state index in [0.29, 0.717) is 5.56 Å². The minimum Gasteiger partial charge on any atom is -0.356 e. The molecule has 3 nitrogen and oxygen atoms in total. The largest absolute Gasteiger partial charge is 0.356 e. The molecule has 0 aliphatic carbocycles. The Hall–Kier alpha value is -1.38. The third-order valence-corrected chi connectivity index (χ3v) is 2.41. The van der Waals surface area contributed by atoms with Gasteiger partial charge in [0, 0.05) is 19.3 Å². The van der Waals surface area contributed by atoms with Crippen molar-refractivity contribution in [3.8, 4) is 0 Å². The maximum Gasteiger partial charge on any atom is 0.153 e. The summed E-state index contributed by atoms with van der Waals surface area (Å²) in [6.07, 6.45) is 4.89. The highest BCUT2D eigenvalue weighted by Crippen LogP contribution is 2.15. The van der Waals surface area contributed by atoms with Gasteiger partial charge in [0.05, 0.1) is 5.56 Å². The number of nitrogens with zero attached hydrogens (tertiary/aromatic N) is 2. The van der Waals surface area contributed by atoms with E-state index in [2.05, 4.69) is 23.7 Å². The van der Waals surface area contributed by atoms with Crippen LogP contribution in [0.3, 0.4) is 0 Å². The Balaban J connectivity index is 2.85. The molecule has 1 rings (SSSR count). The Kier molecular flexibility index (Phi) is 4.81. The van der Waals surface area contributed by atoms with Crippen molar-refractivity contribution < 1.29 is 4.79 Å². The molecule has 0 atom stereocenters. The highest BCUT2D eigenvalue weighted by atomic mass is 16.1. The molecule has 1 heterocycles. The lowest BCUT2D eigenvalue weighted by molar-refractivity contribution is 0.112. The second-order valence-electron chi connectivity index (χ2n) is 3.47. The fourth-order valence-corrected chi connectivity index (χ4v) is 1.53. The van der Waals surface area contributed by atoms with Crippen LogP contribution in [0.2, 0.25) is 0 Å². The van der Waals surface area contributed by atoms with Gasteiger partial charge in [-0.3, -0.25) is 4.79 Å². The van der Waals surface area contributed by atoms with Crippen molar-refractivity contribution in [2.24, 2.45) is 0 Å². The monoisotopic (exact) mass is 206 g/mol. The molecule has 0 bridgehead atoms. The summed E-state index contributed by atoms with van der Waals surface area (Å²) in [5.41, 5.74) is 0.676. The number of rotatable bonds is 6. The first-order valence-corrected chi connectivity index (χ1v) is 5.48. The van der Waals surface area contributed by atoms with Crippen LogP contribution in [0.5, 0.6) is 0 Å². The van der Waals surface area contributed by atoms with E-state index in [1.807, 2.05) is 6.07 Å². The Labute approximate surface area is 91.1 Å². The van der Waals surface area contributed by atoms with E-state index >= 15 is 0 Å². The molecule has 0 radical (unpaired) electrons. The summed E-state index contributed by atoms with van der Waals surface area (Å²) in [5, 5.41) is 0. The summed E-state index contributed by atoms with van der Waals surface area (Å²) < 4.78 is 0. The standard InChI is InChI=1S/C12H18N2O/c1-3-5-9-14(4-2)12-11(10-15)7-6-8-13-12/h6-8,10H,3-5,9H2,1-2H3. The van der Waals surface area contributed by atoms with E-state index in [9.17, 15) is 4.79 Å². The van der Waals surface area contributed by atoms with Crippen molar-refractivity contribution in [1.82, 2.24) is 4.98 Å². The van der Waals surface area contributed by atoms with Gasteiger partial charge in [0.25, 0.3) is 0 Å². The number of carbonyl (C=O) groups is 1. The normalized spacial score (nSPS) is 10.0. The van der Waals surface area contributed by atoms with E-state index in [4.69, 9.17) is 0 Å². The average molecular weight is 206 g/mol. The van der Waals surface area contributed by atoms with Crippen LogP contribution in [0.25, 0.3) is 0 Å². The van der Waals surface area contributed by atoms with Crippen molar-refractivity contribution in [3.05, 3.63) is 23.9 Å². The van der Waals surface area contributed by atoms with E-state index in [1.165, 1.54) is 0 Å². The number of aldehydes is 1.